The van der Waals surface area contributed by atoms with Gasteiger partial charge in [0.15, 0.2) is 0 Å². The Morgan fingerprint density at radius 3 is 2.62 bits per heavy atom. The molecule has 1 aliphatic rings. The first-order valence-electron chi connectivity index (χ1n) is 7.24. The topological polar surface area (TPSA) is 49.4 Å². The van der Waals surface area contributed by atoms with Crippen molar-refractivity contribution in [2.24, 2.45) is 5.92 Å². The van der Waals surface area contributed by atoms with Crippen molar-refractivity contribution in [2.75, 3.05) is 19.3 Å². The smallest absolute Gasteiger partial charge is 0.211 e. The van der Waals surface area contributed by atoms with E-state index in [1.165, 1.54) is 16.6 Å². The molecular weight excluding hydrogens is 291 g/mol. The zero-order valence-corrected chi connectivity index (χ0v) is 13.5. The minimum atomic E-state index is -3.12. The van der Waals surface area contributed by atoms with E-state index in [0.717, 1.165) is 6.42 Å². The highest BCUT2D eigenvalue weighted by molar-refractivity contribution is 7.88. The van der Waals surface area contributed by atoms with Crippen molar-refractivity contribution in [1.29, 1.82) is 0 Å². The van der Waals surface area contributed by atoms with Gasteiger partial charge in [0, 0.05) is 30.7 Å². The second-order valence-corrected chi connectivity index (χ2v) is 7.89. The van der Waals surface area contributed by atoms with Crippen molar-refractivity contribution < 1.29 is 12.8 Å². The summed E-state index contributed by atoms with van der Waals surface area (Å²) >= 11 is 0. The fourth-order valence-corrected chi connectivity index (χ4v) is 3.84. The van der Waals surface area contributed by atoms with Crippen molar-refractivity contribution in [1.82, 2.24) is 9.62 Å². The summed E-state index contributed by atoms with van der Waals surface area (Å²) in [5, 5.41) is 3.44. The molecule has 1 aromatic carbocycles. The molecule has 0 saturated carbocycles. The number of nitrogens with one attached hydrogen (secondary N) is 1. The van der Waals surface area contributed by atoms with Crippen molar-refractivity contribution in [2.45, 2.75) is 32.4 Å². The molecule has 1 aliphatic heterocycles. The fraction of sp³-hybridized carbons (Fsp3) is 0.600. The Kier molecular flexibility index (Phi) is 5.01. The Morgan fingerprint density at radius 2 is 2.05 bits per heavy atom. The van der Waals surface area contributed by atoms with Crippen LogP contribution in [0.5, 0.6) is 0 Å². The van der Waals surface area contributed by atoms with Crippen molar-refractivity contribution >= 4 is 10.0 Å². The van der Waals surface area contributed by atoms with Crippen molar-refractivity contribution in [3.8, 4) is 0 Å². The lowest BCUT2D eigenvalue weighted by molar-refractivity contribution is 0.210. The Hall–Kier alpha value is -0.980. The van der Waals surface area contributed by atoms with E-state index in [0.29, 0.717) is 18.7 Å². The van der Waals surface area contributed by atoms with E-state index in [1.807, 2.05) is 19.9 Å². The van der Waals surface area contributed by atoms with Gasteiger partial charge in [0.25, 0.3) is 0 Å². The Bertz CT molecular complexity index is 591. The molecule has 21 heavy (non-hydrogen) atoms. The van der Waals surface area contributed by atoms with Gasteiger partial charge < -0.3 is 5.32 Å². The van der Waals surface area contributed by atoms with Gasteiger partial charge in [0.2, 0.25) is 10.0 Å². The van der Waals surface area contributed by atoms with Gasteiger partial charge in [-0.2, -0.15) is 0 Å². The highest BCUT2D eigenvalue weighted by atomic mass is 32.2. The third-order valence-electron chi connectivity index (χ3n) is 4.17. The molecular formula is C15H23FN2O2S. The van der Waals surface area contributed by atoms with Crippen LogP contribution < -0.4 is 5.32 Å². The number of hydrogen-bond acceptors (Lipinski definition) is 3. The average Bonchev–Trinajstić information content (AvgIpc) is 2.40. The van der Waals surface area contributed by atoms with Crippen LogP contribution in [-0.2, 0) is 10.0 Å². The summed E-state index contributed by atoms with van der Waals surface area (Å²) in [5.74, 6) is -0.0126. The first-order valence-corrected chi connectivity index (χ1v) is 9.09. The Balaban J connectivity index is 2.00. The van der Waals surface area contributed by atoms with Crippen LogP contribution in [0.4, 0.5) is 4.39 Å². The maximum absolute atomic E-state index is 13.8. The molecule has 1 fully saturated rings. The zero-order valence-electron chi connectivity index (χ0n) is 12.7. The van der Waals surface area contributed by atoms with Gasteiger partial charge in [-0.3, -0.25) is 0 Å². The molecule has 1 aromatic rings. The summed E-state index contributed by atoms with van der Waals surface area (Å²) in [4.78, 5) is 0. The number of nitrogens with zero attached hydrogens (tertiary/aromatic N) is 1. The summed E-state index contributed by atoms with van der Waals surface area (Å²) in [5.41, 5.74) is 0.648. The third kappa shape index (κ3) is 4.02. The second kappa shape index (κ2) is 6.42. The molecule has 3 atom stereocenters. The predicted molar refractivity (Wildman–Crippen MR) is 81.9 cm³/mol. The van der Waals surface area contributed by atoms with E-state index in [9.17, 15) is 12.8 Å². The van der Waals surface area contributed by atoms with Crippen LogP contribution in [0.25, 0.3) is 0 Å². The maximum atomic E-state index is 13.8. The molecule has 0 radical (unpaired) electrons. The van der Waals surface area contributed by atoms with E-state index in [1.54, 1.807) is 12.1 Å². The van der Waals surface area contributed by atoms with Gasteiger partial charge in [0.1, 0.15) is 5.82 Å². The van der Waals surface area contributed by atoms with Crippen LogP contribution in [0.3, 0.4) is 0 Å². The van der Waals surface area contributed by atoms with Crippen LogP contribution in [0.2, 0.25) is 0 Å². The monoisotopic (exact) mass is 314 g/mol. The van der Waals surface area contributed by atoms with E-state index >= 15 is 0 Å². The van der Waals surface area contributed by atoms with Gasteiger partial charge in [0.05, 0.1) is 6.26 Å². The largest absolute Gasteiger partial charge is 0.307 e. The molecule has 0 aromatic heterocycles. The third-order valence-corrected chi connectivity index (χ3v) is 5.44. The number of halogens is 1. The van der Waals surface area contributed by atoms with Crippen LogP contribution in [0.15, 0.2) is 24.3 Å². The maximum Gasteiger partial charge on any atom is 0.211 e. The molecule has 0 aliphatic carbocycles. The van der Waals surface area contributed by atoms with Crippen LogP contribution >= 0.6 is 0 Å². The summed E-state index contributed by atoms with van der Waals surface area (Å²) in [6, 6.07) is 6.85. The molecule has 4 nitrogen and oxygen atoms in total. The number of sulfonamides is 1. The van der Waals surface area contributed by atoms with E-state index < -0.39 is 10.0 Å². The molecule has 0 unspecified atom stereocenters. The van der Waals surface area contributed by atoms with Gasteiger partial charge >= 0.3 is 0 Å². The predicted octanol–water partition coefficient (Wildman–Crippen LogP) is 2.15. The standard InChI is InChI=1S/C15H23FN2O2S/c1-11-10-18(21(3,19)20)9-8-15(11)17-12(2)13-6-4-5-7-14(13)16/h4-7,11-12,15,17H,8-10H2,1-3H3/t11-,12+,15+/m1/s1. The van der Waals surface area contributed by atoms with Gasteiger partial charge in [-0.05, 0) is 25.3 Å². The van der Waals surface area contributed by atoms with Crippen LogP contribution in [-0.4, -0.2) is 38.1 Å². The van der Waals surface area contributed by atoms with E-state index in [2.05, 4.69) is 5.32 Å². The SMILES string of the molecule is C[C@H](N[C@H]1CCN(S(C)(=O)=O)C[C@H]1C)c1ccccc1F. The Morgan fingerprint density at radius 1 is 1.38 bits per heavy atom. The van der Waals surface area contributed by atoms with E-state index in [-0.39, 0.29) is 23.8 Å². The van der Waals surface area contributed by atoms with Crippen LogP contribution in [0, 0.1) is 11.7 Å². The fourth-order valence-electron chi connectivity index (χ4n) is 2.89. The quantitative estimate of drug-likeness (QED) is 0.926. The minimum Gasteiger partial charge on any atom is -0.307 e. The van der Waals surface area contributed by atoms with Crippen molar-refractivity contribution in [3.05, 3.63) is 35.6 Å². The summed E-state index contributed by atoms with van der Waals surface area (Å²) < 4.78 is 38.5. The number of rotatable bonds is 4. The highest BCUT2D eigenvalue weighted by Gasteiger charge is 2.31. The number of benzene rings is 1. The molecule has 1 saturated heterocycles. The molecule has 0 spiro atoms. The van der Waals surface area contributed by atoms with Gasteiger partial charge in [-0.1, -0.05) is 25.1 Å². The molecule has 2 rings (SSSR count). The highest BCUT2D eigenvalue weighted by Crippen LogP contribution is 2.23. The minimum absolute atomic E-state index is 0.0940. The normalized spacial score (nSPS) is 25.7. The van der Waals surface area contributed by atoms with E-state index in [4.69, 9.17) is 0 Å². The lowest BCUT2D eigenvalue weighted by atomic mass is 9.93. The zero-order chi connectivity index (χ0) is 15.6. The summed E-state index contributed by atoms with van der Waals surface area (Å²) in [6.45, 7) is 5.00. The number of piperidine rings is 1. The second-order valence-electron chi connectivity index (χ2n) is 5.90. The summed E-state index contributed by atoms with van der Waals surface area (Å²) in [7, 11) is -3.12. The summed E-state index contributed by atoms with van der Waals surface area (Å²) in [6.07, 6.45) is 1.99. The molecule has 0 amide bonds. The lowest BCUT2D eigenvalue weighted by Crippen LogP contribution is -2.50. The molecule has 118 valence electrons. The van der Waals surface area contributed by atoms with Crippen LogP contribution in [0.1, 0.15) is 31.9 Å². The van der Waals surface area contributed by atoms with Crippen molar-refractivity contribution in [3.63, 3.8) is 0 Å². The number of hydrogen-bond donors (Lipinski definition) is 1. The Labute approximate surface area is 126 Å². The first-order chi connectivity index (χ1) is 9.79. The average molecular weight is 314 g/mol. The molecule has 1 N–H and O–H groups in total. The lowest BCUT2D eigenvalue weighted by Gasteiger charge is -2.37. The molecule has 0 bridgehead atoms. The van der Waals surface area contributed by atoms with Gasteiger partial charge in [-0.15, -0.1) is 0 Å². The van der Waals surface area contributed by atoms with Gasteiger partial charge in [-0.25, -0.2) is 17.1 Å². The molecule has 6 heteroatoms. The molecule has 1 heterocycles. The first kappa shape index (κ1) is 16.4.